The Bertz CT molecular complexity index is 1140. The summed E-state index contributed by atoms with van der Waals surface area (Å²) < 4.78 is 27.8. The predicted molar refractivity (Wildman–Crippen MR) is 126 cm³/mol. The number of carbonyl (C=O) groups is 2. The number of pyridine rings is 1. The minimum absolute atomic E-state index is 0.0429. The molecule has 180 valence electrons. The first-order chi connectivity index (χ1) is 15.6. The average Bonchev–Trinajstić information content (AvgIpc) is 2.79. The Morgan fingerprint density at radius 3 is 2.42 bits per heavy atom. The quantitative estimate of drug-likeness (QED) is 0.512. The van der Waals surface area contributed by atoms with E-state index in [1.165, 1.54) is 16.6 Å². The van der Waals surface area contributed by atoms with Crippen molar-refractivity contribution in [1.29, 1.82) is 0 Å². The van der Waals surface area contributed by atoms with Gasteiger partial charge in [-0.1, -0.05) is 32.9 Å². The van der Waals surface area contributed by atoms with Gasteiger partial charge in [0.1, 0.15) is 6.54 Å². The van der Waals surface area contributed by atoms with Gasteiger partial charge in [0.2, 0.25) is 15.9 Å². The Kier molecular flexibility index (Phi) is 9.36. The van der Waals surface area contributed by atoms with Gasteiger partial charge in [-0.3, -0.25) is 14.4 Å². The molecule has 0 fully saturated rings. The van der Waals surface area contributed by atoms with Crippen LogP contribution < -0.4 is 16.2 Å². The number of hydrogen-bond acceptors (Lipinski definition) is 5. The fourth-order valence-electron chi connectivity index (χ4n) is 3.14. The molecule has 1 atom stereocenters. The normalized spacial score (nSPS) is 12.4. The predicted octanol–water partition coefficient (Wildman–Crippen LogP) is 1.72. The number of sulfonamides is 1. The highest BCUT2D eigenvalue weighted by Crippen LogP contribution is 2.13. The summed E-state index contributed by atoms with van der Waals surface area (Å²) in [5.74, 6) is -0.640. The SMILES string of the molecule is CCC(C)NC(=O)c1cccc(CNC(=O)Cn2cc(S(=O)(=O)N(CC)CC)ccc2=O)c1. The first-order valence-electron chi connectivity index (χ1n) is 11.0. The number of nitrogens with one attached hydrogen (secondary N) is 2. The van der Waals surface area contributed by atoms with Gasteiger partial charge >= 0.3 is 0 Å². The third kappa shape index (κ3) is 7.00. The average molecular weight is 477 g/mol. The van der Waals surface area contributed by atoms with Gasteiger partial charge in [0.25, 0.3) is 11.5 Å². The summed E-state index contributed by atoms with van der Waals surface area (Å²) >= 11 is 0. The van der Waals surface area contributed by atoms with Gasteiger partial charge in [0.15, 0.2) is 0 Å². The monoisotopic (exact) mass is 476 g/mol. The second kappa shape index (κ2) is 11.8. The van der Waals surface area contributed by atoms with Crippen molar-refractivity contribution in [3.63, 3.8) is 0 Å². The van der Waals surface area contributed by atoms with E-state index in [4.69, 9.17) is 0 Å². The van der Waals surface area contributed by atoms with Crippen LogP contribution in [0.3, 0.4) is 0 Å². The molecule has 2 aromatic rings. The van der Waals surface area contributed by atoms with Gasteiger partial charge in [0, 0.05) is 43.5 Å². The zero-order valence-electron chi connectivity index (χ0n) is 19.5. The molecule has 0 saturated heterocycles. The maximum absolute atomic E-state index is 12.7. The van der Waals surface area contributed by atoms with Crippen LogP contribution in [0.2, 0.25) is 0 Å². The molecule has 1 heterocycles. The first-order valence-corrected chi connectivity index (χ1v) is 12.4. The largest absolute Gasteiger partial charge is 0.350 e. The lowest BCUT2D eigenvalue weighted by Gasteiger charge is -2.19. The molecule has 0 bridgehead atoms. The molecule has 0 radical (unpaired) electrons. The number of nitrogens with zero attached hydrogens (tertiary/aromatic N) is 2. The zero-order valence-corrected chi connectivity index (χ0v) is 20.3. The van der Waals surface area contributed by atoms with Crippen molar-refractivity contribution in [2.24, 2.45) is 0 Å². The molecule has 9 nitrogen and oxygen atoms in total. The van der Waals surface area contributed by atoms with Crippen molar-refractivity contribution in [1.82, 2.24) is 19.5 Å². The molecular formula is C23H32N4O5S. The second-order valence-corrected chi connectivity index (χ2v) is 9.62. The van der Waals surface area contributed by atoms with Crippen molar-refractivity contribution in [3.8, 4) is 0 Å². The van der Waals surface area contributed by atoms with E-state index in [2.05, 4.69) is 10.6 Å². The molecule has 0 aliphatic carbocycles. The number of rotatable bonds is 11. The third-order valence-corrected chi connectivity index (χ3v) is 7.32. The standard InChI is InChI=1S/C23H32N4O5S/c1-5-17(4)25-23(30)19-10-8-9-18(13-19)14-24-21(28)16-26-15-20(11-12-22(26)29)33(31,32)27(6-2)7-3/h8-13,15,17H,5-7,14,16H2,1-4H3,(H,24,28)(H,25,30). The summed E-state index contributed by atoms with van der Waals surface area (Å²) in [6, 6.07) is 9.36. The van der Waals surface area contributed by atoms with E-state index < -0.39 is 21.5 Å². The number of carbonyl (C=O) groups excluding carboxylic acids is 2. The fourth-order valence-corrected chi connectivity index (χ4v) is 4.62. The van der Waals surface area contributed by atoms with Crippen molar-refractivity contribution >= 4 is 21.8 Å². The lowest BCUT2D eigenvalue weighted by Crippen LogP contribution is -2.34. The number of hydrogen-bond donors (Lipinski definition) is 2. The van der Waals surface area contributed by atoms with Crippen LogP contribution in [-0.2, 0) is 27.9 Å². The Labute approximate surface area is 194 Å². The third-order valence-electron chi connectivity index (χ3n) is 5.28. The molecule has 0 saturated carbocycles. The number of benzene rings is 1. The second-order valence-electron chi connectivity index (χ2n) is 7.68. The van der Waals surface area contributed by atoms with Crippen molar-refractivity contribution in [2.75, 3.05) is 13.1 Å². The summed E-state index contributed by atoms with van der Waals surface area (Å²) in [5.41, 5.74) is 0.741. The highest BCUT2D eigenvalue weighted by molar-refractivity contribution is 7.89. The Morgan fingerprint density at radius 2 is 1.79 bits per heavy atom. The van der Waals surface area contributed by atoms with Crippen molar-refractivity contribution < 1.29 is 18.0 Å². The highest BCUT2D eigenvalue weighted by Gasteiger charge is 2.22. The van der Waals surface area contributed by atoms with Crippen LogP contribution in [0.5, 0.6) is 0 Å². The smallest absolute Gasteiger partial charge is 0.251 e. The van der Waals surface area contributed by atoms with Gasteiger partial charge in [-0.25, -0.2) is 8.42 Å². The topological polar surface area (TPSA) is 118 Å². The Hall–Kier alpha value is -2.98. The molecule has 1 aromatic heterocycles. The number of aromatic nitrogens is 1. The molecule has 10 heteroatoms. The maximum Gasteiger partial charge on any atom is 0.251 e. The zero-order chi connectivity index (χ0) is 24.6. The van der Waals surface area contributed by atoms with Crippen molar-refractivity contribution in [3.05, 3.63) is 64.1 Å². The molecule has 1 unspecified atom stereocenters. The summed E-state index contributed by atoms with van der Waals surface area (Å²) in [6.45, 7) is 7.80. The van der Waals surface area contributed by atoms with Crippen LogP contribution in [0.25, 0.3) is 0 Å². The van der Waals surface area contributed by atoms with E-state index in [1.807, 2.05) is 13.8 Å². The van der Waals surface area contributed by atoms with Crippen LogP contribution >= 0.6 is 0 Å². The van der Waals surface area contributed by atoms with E-state index in [-0.39, 0.29) is 29.9 Å². The molecular weight excluding hydrogens is 444 g/mol. The van der Waals surface area contributed by atoms with Crippen LogP contribution in [0.15, 0.2) is 52.3 Å². The fraction of sp³-hybridized carbons (Fsp3) is 0.435. The highest BCUT2D eigenvalue weighted by atomic mass is 32.2. The minimum Gasteiger partial charge on any atom is -0.350 e. The minimum atomic E-state index is -3.75. The Balaban J connectivity index is 2.08. The van der Waals surface area contributed by atoms with Gasteiger partial charge in [0.05, 0.1) is 4.90 Å². The molecule has 2 rings (SSSR count). The summed E-state index contributed by atoms with van der Waals surface area (Å²) in [7, 11) is -3.75. The van der Waals surface area contributed by atoms with Gasteiger partial charge in [-0.2, -0.15) is 4.31 Å². The van der Waals surface area contributed by atoms with E-state index in [9.17, 15) is 22.8 Å². The molecule has 0 spiro atoms. The molecule has 0 aliphatic rings. The first kappa shape index (κ1) is 26.3. The van der Waals surface area contributed by atoms with Gasteiger partial charge in [-0.15, -0.1) is 0 Å². The molecule has 1 aromatic carbocycles. The lowest BCUT2D eigenvalue weighted by molar-refractivity contribution is -0.121. The maximum atomic E-state index is 12.7. The summed E-state index contributed by atoms with van der Waals surface area (Å²) in [4.78, 5) is 36.9. The molecule has 2 N–H and O–H groups in total. The van der Waals surface area contributed by atoms with E-state index in [1.54, 1.807) is 38.1 Å². The molecule has 2 amide bonds. The van der Waals surface area contributed by atoms with Crippen LogP contribution in [0.1, 0.15) is 50.0 Å². The molecule has 33 heavy (non-hydrogen) atoms. The van der Waals surface area contributed by atoms with E-state index >= 15 is 0 Å². The number of amides is 2. The van der Waals surface area contributed by atoms with Gasteiger partial charge in [-0.05, 0) is 37.1 Å². The Morgan fingerprint density at radius 1 is 1.09 bits per heavy atom. The van der Waals surface area contributed by atoms with Crippen molar-refractivity contribution in [2.45, 2.75) is 58.1 Å². The van der Waals surface area contributed by atoms with E-state index in [0.717, 1.165) is 22.6 Å². The van der Waals surface area contributed by atoms with Crippen LogP contribution in [-0.4, -0.2) is 48.2 Å². The van der Waals surface area contributed by atoms with Crippen LogP contribution in [0.4, 0.5) is 0 Å². The summed E-state index contributed by atoms with van der Waals surface area (Å²) in [5, 5.41) is 5.60. The van der Waals surface area contributed by atoms with Gasteiger partial charge < -0.3 is 15.2 Å². The van der Waals surface area contributed by atoms with E-state index in [0.29, 0.717) is 18.7 Å². The molecule has 0 aliphatic heterocycles. The summed E-state index contributed by atoms with van der Waals surface area (Å²) in [6.07, 6.45) is 2.01. The van der Waals surface area contributed by atoms with Crippen LogP contribution in [0, 0.1) is 0 Å². The lowest BCUT2D eigenvalue weighted by atomic mass is 10.1.